The summed E-state index contributed by atoms with van der Waals surface area (Å²) in [5, 5.41) is 2.85. The number of anilines is 1. The van der Waals surface area contributed by atoms with Crippen LogP contribution in [0.2, 0.25) is 0 Å². The highest BCUT2D eigenvalue weighted by Gasteiger charge is 2.30. The molecule has 1 aromatic carbocycles. The van der Waals surface area contributed by atoms with Crippen LogP contribution in [0.15, 0.2) is 18.2 Å². The van der Waals surface area contributed by atoms with Crippen LogP contribution in [0.25, 0.3) is 0 Å². The zero-order valence-corrected chi connectivity index (χ0v) is 12.1. The summed E-state index contributed by atoms with van der Waals surface area (Å²) in [7, 11) is 0. The molecule has 4 heteroatoms. The van der Waals surface area contributed by atoms with Crippen LogP contribution >= 0.6 is 12.2 Å². The van der Waals surface area contributed by atoms with Crippen molar-refractivity contribution in [3.8, 4) is 0 Å². The highest BCUT2D eigenvalue weighted by Crippen LogP contribution is 2.21. The van der Waals surface area contributed by atoms with E-state index in [2.05, 4.69) is 12.2 Å². The Balaban J connectivity index is 2.89. The maximum Gasteiger partial charge on any atom is 0.236 e. The van der Waals surface area contributed by atoms with Crippen molar-refractivity contribution in [3.63, 3.8) is 0 Å². The predicted octanol–water partition coefficient (Wildman–Crippen LogP) is 2.81. The second-order valence-electron chi connectivity index (χ2n) is 4.94. The van der Waals surface area contributed by atoms with Gasteiger partial charge >= 0.3 is 0 Å². The molecule has 0 spiro atoms. The van der Waals surface area contributed by atoms with Crippen molar-refractivity contribution in [1.29, 1.82) is 0 Å². The number of benzene rings is 1. The lowest BCUT2D eigenvalue weighted by molar-refractivity contribution is -0.121. The largest absolute Gasteiger partial charge is 0.392 e. The first-order valence-electron chi connectivity index (χ1n) is 6.00. The van der Waals surface area contributed by atoms with Gasteiger partial charge in [0.05, 0.1) is 10.4 Å². The molecule has 0 aliphatic rings. The van der Waals surface area contributed by atoms with Gasteiger partial charge in [0.25, 0.3) is 0 Å². The molecule has 0 saturated carbocycles. The van der Waals surface area contributed by atoms with Crippen LogP contribution in [-0.2, 0) is 11.2 Å². The minimum atomic E-state index is -0.841. The van der Waals surface area contributed by atoms with Crippen LogP contribution in [0.4, 0.5) is 5.69 Å². The normalized spacial score (nSPS) is 11.1. The maximum atomic E-state index is 12.1. The van der Waals surface area contributed by atoms with E-state index in [1.807, 2.05) is 25.1 Å². The minimum Gasteiger partial charge on any atom is -0.392 e. The third-order valence-corrected chi connectivity index (χ3v) is 3.68. The van der Waals surface area contributed by atoms with Crippen LogP contribution in [0, 0.1) is 12.3 Å². The van der Waals surface area contributed by atoms with Gasteiger partial charge in [0, 0.05) is 5.69 Å². The number of hydrogen-bond acceptors (Lipinski definition) is 2. The van der Waals surface area contributed by atoms with Gasteiger partial charge in [0.15, 0.2) is 0 Å². The van der Waals surface area contributed by atoms with Crippen LogP contribution in [-0.4, -0.2) is 10.9 Å². The van der Waals surface area contributed by atoms with Crippen molar-refractivity contribution in [2.24, 2.45) is 11.1 Å². The Kier molecular flexibility index (Phi) is 4.46. The Morgan fingerprint density at radius 1 is 1.44 bits per heavy atom. The molecule has 1 rings (SSSR count). The molecule has 3 N–H and O–H groups in total. The fourth-order valence-electron chi connectivity index (χ4n) is 1.57. The van der Waals surface area contributed by atoms with E-state index >= 15 is 0 Å². The summed E-state index contributed by atoms with van der Waals surface area (Å²) in [6.07, 6.45) is 0.985. The van der Waals surface area contributed by atoms with E-state index in [-0.39, 0.29) is 10.9 Å². The fraction of sp³-hybridized carbons (Fsp3) is 0.429. The second-order valence-corrected chi connectivity index (χ2v) is 5.38. The minimum absolute atomic E-state index is 0.182. The first-order chi connectivity index (χ1) is 8.28. The third kappa shape index (κ3) is 3.07. The average Bonchev–Trinajstić information content (AvgIpc) is 2.28. The van der Waals surface area contributed by atoms with Crippen LogP contribution in [0.1, 0.15) is 31.9 Å². The van der Waals surface area contributed by atoms with Gasteiger partial charge in [-0.15, -0.1) is 0 Å². The first kappa shape index (κ1) is 14.6. The molecule has 0 atom stereocenters. The lowest BCUT2D eigenvalue weighted by Gasteiger charge is -2.22. The molecule has 98 valence electrons. The summed E-state index contributed by atoms with van der Waals surface area (Å²) < 4.78 is 0. The van der Waals surface area contributed by atoms with Crippen molar-refractivity contribution in [2.45, 2.75) is 34.1 Å². The number of amides is 1. The number of hydrogen-bond donors (Lipinski definition) is 2. The summed E-state index contributed by atoms with van der Waals surface area (Å²) in [6, 6.07) is 5.89. The summed E-state index contributed by atoms with van der Waals surface area (Å²) in [4.78, 5) is 12.3. The number of nitrogens with one attached hydrogen (secondary N) is 1. The number of thiocarbonyl (C=S) groups is 1. The molecule has 0 saturated heterocycles. The highest BCUT2D eigenvalue weighted by atomic mass is 32.1. The molecule has 0 radical (unpaired) electrons. The molecule has 3 nitrogen and oxygen atoms in total. The SMILES string of the molecule is CCc1ccc(NC(=O)C(C)(C)C(N)=S)cc1C. The van der Waals surface area contributed by atoms with E-state index < -0.39 is 5.41 Å². The summed E-state index contributed by atoms with van der Waals surface area (Å²) in [5.41, 5.74) is 7.96. The Hall–Kier alpha value is -1.42. The van der Waals surface area contributed by atoms with E-state index in [0.29, 0.717) is 0 Å². The monoisotopic (exact) mass is 264 g/mol. The van der Waals surface area contributed by atoms with Gasteiger partial charge in [-0.3, -0.25) is 4.79 Å². The molecule has 1 amide bonds. The van der Waals surface area contributed by atoms with Crippen molar-refractivity contribution in [1.82, 2.24) is 0 Å². The Labute approximate surface area is 114 Å². The van der Waals surface area contributed by atoms with Gasteiger partial charge in [-0.25, -0.2) is 0 Å². The first-order valence-corrected chi connectivity index (χ1v) is 6.40. The van der Waals surface area contributed by atoms with Crippen molar-refractivity contribution in [3.05, 3.63) is 29.3 Å². The average molecular weight is 264 g/mol. The van der Waals surface area contributed by atoms with Crippen molar-refractivity contribution >= 4 is 28.8 Å². The Morgan fingerprint density at radius 2 is 2.06 bits per heavy atom. The highest BCUT2D eigenvalue weighted by molar-refractivity contribution is 7.80. The lowest BCUT2D eigenvalue weighted by atomic mass is 9.92. The van der Waals surface area contributed by atoms with Gasteiger partial charge in [-0.1, -0.05) is 25.2 Å². The maximum absolute atomic E-state index is 12.1. The standard InChI is InChI=1S/C14H20N2OS/c1-5-10-6-7-11(8-9(10)2)16-13(17)14(3,4)12(15)18/h6-8H,5H2,1-4H3,(H2,15,18)(H,16,17). The molecule has 0 heterocycles. The summed E-state index contributed by atoms with van der Waals surface area (Å²) in [6.45, 7) is 7.58. The van der Waals surface area contributed by atoms with E-state index in [0.717, 1.165) is 12.1 Å². The quantitative estimate of drug-likeness (QED) is 0.822. The van der Waals surface area contributed by atoms with Crippen LogP contribution in [0.5, 0.6) is 0 Å². The molecule has 0 aliphatic heterocycles. The van der Waals surface area contributed by atoms with E-state index in [1.165, 1.54) is 11.1 Å². The van der Waals surface area contributed by atoms with Gasteiger partial charge in [0.1, 0.15) is 0 Å². The fourth-order valence-corrected chi connectivity index (χ4v) is 1.66. The molecule has 0 bridgehead atoms. The van der Waals surface area contributed by atoms with Gasteiger partial charge < -0.3 is 11.1 Å². The molecule has 18 heavy (non-hydrogen) atoms. The second kappa shape index (κ2) is 5.48. The lowest BCUT2D eigenvalue weighted by Crippen LogP contribution is -2.41. The smallest absolute Gasteiger partial charge is 0.236 e. The van der Waals surface area contributed by atoms with E-state index in [4.69, 9.17) is 18.0 Å². The Bertz CT molecular complexity index is 481. The summed E-state index contributed by atoms with van der Waals surface area (Å²) in [5.74, 6) is -0.182. The third-order valence-electron chi connectivity index (χ3n) is 3.17. The van der Waals surface area contributed by atoms with Gasteiger partial charge in [-0.05, 0) is 50.5 Å². The van der Waals surface area contributed by atoms with Crippen LogP contribution < -0.4 is 11.1 Å². The zero-order chi connectivity index (χ0) is 13.9. The number of carbonyl (C=O) groups is 1. The topological polar surface area (TPSA) is 55.1 Å². The predicted molar refractivity (Wildman–Crippen MR) is 79.8 cm³/mol. The molecule has 0 unspecified atom stereocenters. The Morgan fingerprint density at radius 3 is 2.50 bits per heavy atom. The van der Waals surface area contributed by atoms with Crippen LogP contribution in [0.3, 0.4) is 0 Å². The summed E-state index contributed by atoms with van der Waals surface area (Å²) >= 11 is 4.91. The molecule has 0 aromatic heterocycles. The molecular weight excluding hydrogens is 244 g/mol. The number of nitrogens with two attached hydrogens (primary N) is 1. The van der Waals surface area contributed by atoms with Crippen molar-refractivity contribution < 1.29 is 4.79 Å². The molecule has 0 fully saturated rings. The zero-order valence-electron chi connectivity index (χ0n) is 11.3. The van der Waals surface area contributed by atoms with Gasteiger partial charge in [-0.2, -0.15) is 0 Å². The number of aryl methyl sites for hydroxylation is 2. The molecule has 0 aliphatic carbocycles. The number of rotatable bonds is 4. The van der Waals surface area contributed by atoms with E-state index in [1.54, 1.807) is 13.8 Å². The molecular formula is C14H20N2OS. The van der Waals surface area contributed by atoms with Gasteiger partial charge in [0.2, 0.25) is 5.91 Å². The van der Waals surface area contributed by atoms with Crippen molar-refractivity contribution in [2.75, 3.05) is 5.32 Å². The number of carbonyl (C=O) groups excluding carboxylic acids is 1. The molecule has 1 aromatic rings. The van der Waals surface area contributed by atoms with E-state index in [9.17, 15) is 4.79 Å².